The third-order valence-corrected chi connectivity index (χ3v) is 3.63. The molecule has 0 unspecified atom stereocenters. The lowest BCUT2D eigenvalue weighted by Gasteiger charge is -2.27. The van der Waals surface area contributed by atoms with E-state index in [0.717, 1.165) is 0 Å². The molecule has 0 spiro atoms. The van der Waals surface area contributed by atoms with E-state index in [1.807, 2.05) is 0 Å². The molecular formula is C14H23N5O6. The lowest BCUT2D eigenvalue weighted by Crippen LogP contribution is -2.60. The van der Waals surface area contributed by atoms with Crippen molar-refractivity contribution >= 4 is 17.8 Å². The lowest BCUT2D eigenvalue weighted by molar-refractivity contribution is -0.144. The van der Waals surface area contributed by atoms with Gasteiger partial charge in [-0.15, -0.1) is 0 Å². The maximum absolute atomic E-state index is 11.9. The Bertz CT molecular complexity index is 591. The van der Waals surface area contributed by atoms with Gasteiger partial charge in [-0.1, -0.05) is 0 Å². The van der Waals surface area contributed by atoms with E-state index in [-0.39, 0.29) is 6.42 Å². The molecule has 0 aromatic carbocycles. The van der Waals surface area contributed by atoms with E-state index in [9.17, 15) is 29.7 Å². The number of nitrogens with one attached hydrogen (secondary N) is 3. The van der Waals surface area contributed by atoms with Crippen molar-refractivity contribution < 1.29 is 29.7 Å². The molecule has 0 saturated carbocycles. The van der Waals surface area contributed by atoms with Crippen molar-refractivity contribution in [2.75, 3.05) is 0 Å². The molecule has 8 N–H and O–H groups in total. The molecule has 1 amide bonds. The van der Waals surface area contributed by atoms with Crippen LogP contribution in [0.4, 0.5) is 0 Å². The largest absolute Gasteiger partial charge is 0.480 e. The Morgan fingerprint density at radius 1 is 1.28 bits per heavy atom. The van der Waals surface area contributed by atoms with E-state index in [2.05, 4.69) is 20.6 Å². The van der Waals surface area contributed by atoms with Gasteiger partial charge in [0, 0.05) is 24.4 Å². The summed E-state index contributed by atoms with van der Waals surface area (Å²) in [6, 6.07) is -4.75. The van der Waals surface area contributed by atoms with Gasteiger partial charge >= 0.3 is 11.9 Å². The zero-order chi connectivity index (χ0) is 19.1. The van der Waals surface area contributed by atoms with Gasteiger partial charge in [-0.3, -0.25) is 14.9 Å². The van der Waals surface area contributed by atoms with Crippen molar-refractivity contribution in [1.82, 2.24) is 20.6 Å². The number of carbonyl (C=O) groups is 3. The van der Waals surface area contributed by atoms with Gasteiger partial charge in [-0.2, -0.15) is 0 Å². The second-order valence-electron chi connectivity index (χ2n) is 5.72. The fourth-order valence-electron chi connectivity index (χ4n) is 2.12. The summed E-state index contributed by atoms with van der Waals surface area (Å²) in [6.45, 7) is 2.72. The Morgan fingerprint density at radius 2 is 1.92 bits per heavy atom. The van der Waals surface area contributed by atoms with Crippen LogP contribution >= 0.6 is 0 Å². The van der Waals surface area contributed by atoms with Crippen LogP contribution in [-0.2, 0) is 20.8 Å². The summed E-state index contributed by atoms with van der Waals surface area (Å²) in [4.78, 5) is 41.2. The first kappa shape index (κ1) is 20.5. The summed E-state index contributed by atoms with van der Waals surface area (Å²) in [5, 5.41) is 32.8. The van der Waals surface area contributed by atoms with Crippen LogP contribution in [-0.4, -0.2) is 73.4 Å². The second kappa shape index (κ2) is 9.11. The van der Waals surface area contributed by atoms with Crippen LogP contribution in [0.2, 0.25) is 0 Å². The molecule has 0 fully saturated rings. The van der Waals surface area contributed by atoms with Crippen molar-refractivity contribution in [2.45, 2.75) is 50.5 Å². The van der Waals surface area contributed by atoms with Gasteiger partial charge in [0.2, 0.25) is 5.91 Å². The number of amides is 1. The molecule has 0 aliphatic rings. The number of carbonyl (C=O) groups excluding carboxylic acids is 1. The molecule has 140 valence electrons. The number of hydrogen-bond acceptors (Lipinski definition) is 7. The molecule has 0 aliphatic heterocycles. The van der Waals surface area contributed by atoms with Crippen molar-refractivity contribution in [1.29, 1.82) is 0 Å². The van der Waals surface area contributed by atoms with Gasteiger partial charge < -0.3 is 31.4 Å². The Balaban J connectivity index is 2.79. The van der Waals surface area contributed by atoms with Crippen LogP contribution in [0, 0.1) is 0 Å². The number of nitrogens with zero attached hydrogens (tertiary/aromatic N) is 1. The summed E-state index contributed by atoms with van der Waals surface area (Å²) < 4.78 is 0. The van der Waals surface area contributed by atoms with Gasteiger partial charge in [0.15, 0.2) is 0 Å². The van der Waals surface area contributed by atoms with Crippen LogP contribution in [0.15, 0.2) is 12.5 Å². The fraction of sp³-hybridized carbons (Fsp3) is 0.571. The van der Waals surface area contributed by atoms with Crippen molar-refractivity contribution in [2.24, 2.45) is 5.73 Å². The first-order valence-electron chi connectivity index (χ1n) is 7.56. The number of aliphatic carboxylic acids is 2. The average molecular weight is 357 g/mol. The number of carboxylic acids is 2. The van der Waals surface area contributed by atoms with Crippen LogP contribution in [0.25, 0.3) is 0 Å². The summed E-state index contributed by atoms with van der Waals surface area (Å²) in [5.41, 5.74) is 6.02. The molecule has 0 radical (unpaired) electrons. The molecule has 11 heteroatoms. The smallest absolute Gasteiger partial charge is 0.327 e. The average Bonchev–Trinajstić information content (AvgIpc) is 3.03. The molecule has 25 heavy (non-hydrogen) atoms. The highest BCUT2D eigenvalue weighted by Crippen LogP contribution is 2.04. The number of hydrogen-bond donors (Lipinski definition) is 7. The predicted octanol–water partition coefficient (Wildman–Crippen LogP) is -2.34. The first-order valence-corrected chi connectivity index (χ1v) is 7.56. The minimum absolute atomic E-state index is 0.0488. The van der Waals surface area contributed by atoms with Crippen LogP contribution in [0.5, 0.6) is 0 Å². The predicted molar refractivity (Wildman–Crippen MR) is 85.5 cm³/mol. The highest BCUT2D eigenvalue weighted by Gasteiger charge is 2.32. The standard InChI is InChI=1S/C14H23N5O6/c1-6(11(14(24)25)19-12(21)10(15)7(2)20)18-9(13(22)23)3-8-4-16-5-17-8/h4-7,9-11,18,20H,3,15H2,1-2H3,(H,16,17)(H,19,21)(H,22,23)(H,24,25)/t6-,7-,9+,10+,11+/m1/s1. The Kier molecular flexibility index (Phi) is 7.48. The number of aliphatic hydroxyl groups excluding tert-OH is 1. The molecule has 0 bridgehead atoms. The van der Waals surface area contributed by atoms with Gasteiger partial charge in [-0.05, 0) is 13.8 Å². The highest BCUT2D eigenvalue weighted by molar-refractivity contribution is 5.87. The molecule has 1 heterocycles. The molecule has 11 nitrogen and oxygen atoms in total. The number of aromatic amines is 1. The SMILES string of the molecule is C[C@@H](O)[C@H](N)C(=O)N[C@H](C(=O)O)[C@@H](C)N[C@@H](Cc1cnc[nH]1)C(=O)O. The van der Waals surface area contributed by atoms with E-state index in [1.165, 1.54) is 26.4 Å². The fourth-order valence-corrected chi connectivity index (χ4v) is 2.12. The number of aromatic nitrogens is 2. The highest BCUT2D eigenvalue weighted by atomic mass is 16.4. The Hall–Kier alpha value is -2.50. The monoisotopic (exact) mass is 357 g/mol. The number of imidazole rings is 1. The molecular weight excluding hydrogens is 334 g/mol. The zero-order valence-electron chi connectivity index (χ0n) is 13.8. The van der Waals surface area contributed by atoms with E-state index >= 15 is 0 Å². The summed E-state index contributed by atoms with van der Waals surface area (Å²) in [7, 11) is 0. The number of carboxylic acid groups (broad SMARTS) is 2. The van der Waals surface area contributed by atoms with E-state index < -0.39 is 48.1 Å². The second-order valence-corrected chi connectivity index (χ2v) is 5.72. The summed E-state index contributed by atoms with van der Waals surface area (Å²) in [5.74, 6) is -3.40. The van der Waals surface area contributed by atoms with Gasteiger partial charge in [0.1, 0.15) is 18.1 Å². The lowest BCUT2D eigenvalue weighted by atomic mass is 10.1. The van der Waals surface area contributed by atoms with E-state index in [4.69, 9.17) is 5.73 Å². The van der Waals surface area contributed by atoms with Crippen LogP contribution in [0.3, 0.4) is 0 Å². The number of rotatable bonds is 10. The summed E-state index contributed by atoms with van der Waals surface area (Å²) in [6.07, 6.45) is 1.74. The van der Waals surface area contributed by atoms with Gasteiger partial charge in [-0.25, -0.2) is 9.78 Å². The van der Waals surface area contributed by atoms with Crippen LogP contribution < -0.4 is 16.4 Å². The maximum atomic E-state index is 11.9. The first-order chi connectivity index (χ1) is 11.6. The molecule has 1 aromatic rings. The number of aliphatic hydroxyl groups is 1. The van der Waals surface area contributed by atoms with Crippen molar-refractivity contribution in [3.05, 3.63) is 18.2 Å². The Labute approximate surface area is 143 Å². The number of nitrogens with two attached hydrogens (primary N) is 1. The van der Waals surface area contributed by atoms with Gasteiger partial charge in [0.05, 0.1) is 12.4 Å². The van der Waals surface area contributed by atoms with Crippen molar-refractivity contribution in [3.63, 3.8) is 0 Å². The molecule has 1 rings (SSSR count). The summed E-state index contributed by atoms with van der Waals surface area (Å²) >= 11 is 0. The zero-order valence-corrected chi connectivity index (χ0v) is 13.8. The minimum Gasteiger partial charge on any atom is -0.480 e. The van der Waals surface area contributed by atoms with Crippen molar-refractivity contribution in [3.8, 4) is 0 Å². The normalized spacial score (nSPS) is 17.1. The van der Waals surface area contributed by atoms with Gasteiger partial charge in [0.25, 0.3) is 0 Å². The van der Waals surface area contributed by atoms with E-state index in [0.29, 0.717) is 5.69 Å². The molecule has 5 atom stereocenters. The minimum atomic E-state index is -1.43. The third-order valence-electron chi connectivity index (χ3n) is 3.63. The Morgan fingerprint density at radius 3 is 2.36 bits per heavy atom. The quantitative estimate of drug-likeness (QED) is 0.240. The van der Waals surface area contributed by atoms with E-state index in [1.54, 1.807) is 0 Å². The molecule has 0 aliphatic carbocycles. The van der Waals surface area contributed by atoms with Crippen LogP contribution in [0.1, 0.15) is 19.5 Å². The molecule has 1 aromatic heterocycles. The topological polar surface area (TPSA) is 191 Å². The third kappa shape index (κ3) is 6.14. The number of H-pyrrole nitrogens is 1. The molecule has 0 saturated heterocycles. The maximum Gasteiger partial charge on any atom is 0.327 e.